The number of sulfone groups is 1. The molecule has 0 aromatic carbocycles. The van der Waals surface area contributed by atoms with Crippen molar-refractivity contribution in [2.45, 2.75) is 63.2 Å². The lowest BCUT2D eigenvalue weighted by molar-refractivity contribution is -0.121. The summed E-state index contributed by atoms with van der Waals surface area (Å²) in [5, 5.41) is 6.29. The van der Waals surface area contributed by atoms with Gasteiger partial charge in [0, 0.05) is 39.1 Å². The summed E-state index contributed by atoms with van der Waals surface area (Å²) < 4.78 is 23.4. The molecule has 0 spiro atoms. The van der Waals surface area contributed by atoms with Gasteiger partial charge in [-0.25, -0.2) is 8.42 Å². The molecule has 25 heavy (non-hydrogen) atoms. The zero-order chi connectivity index (χ0) is 18.5. The van der Waals surface area contributed by atoms with Crippen molar-refractivity contribution >= 4 is 21.7 Å². The summed E-state index contributed by atoms with van der Waals surface area (Å²) in [6, 6.07) is 0.327. The van der Waals surface area contributed by atoms with Crippen molar-refractivity contribution in [3.05, 3.63) is 0 Å². The SMILES string of the molecule is CN=C(NCCC(=O)NC1CCCCC1)N1CCS(=O)(=O)C(C)(C)C1. The highest BCUT2D eigenvalue weighted by Gasteiger charge is 2.40. The normalized spacial score (nSPS) is 24.0. The molecule has 2 rings (SSSR count). The van der Waals surface area contributed by atoms with Crippen LogP contribution in [-0.4, -0.2) is 68.4 Å². The van der Waals surface area contributed by atoms with Gasteiger partial charge in [-0.3, -0.25) is 9.79 Å². The number of carbonyl (C=O) groups is 1. The molecule has 7 nitrogen and oxygen atoms in total. The molecule has 8 heteroatoms. The first-order chi connectivity index (χ1) is 11.7. The molecule has 2 aliphatic rings. The average molecular weight is 373 g/mol. The monoisotopic (exact) mass is 372 g/mol. The standard InChI is InChI=1S/C17H32N4O3S/c1-17(2)13-21(11-12-25(17,23)24)16(18-3)19-10-9-15(22)20-14-7-5-4-6-8-14/h14H,4-13H2,1-3H3,(H,18,19)(H,20,22). The van der Waals surface area contributed by atoms with Gasteiger partial charge in [-0.2, -0.15) is 0 Å². The predicted octanol–water partition coefficient (Wildman–Crippen LogP) is 0.910. The van der Waals surface area contributed by atoms with E-state index >= 15 is 0 Å². The van der Waals surface area contributed by atoms with Crippen molar-refractivity contribution in [1.29, 1.82) is 0 Å². The Balaban J connectivity index is 1.78. The van der Waals surface area contributed by atoms with Gasteiger partial charge in [-0.1, -0.05) is 19.3 Å². The van der Waals surface area contributed by atoms with Crippen LogP contribution in [0, 0.1) is 0 Å². The van der Waals surface area contributed by atoms with Crippen LogP contribution in [0.2, 0.25) is 0 Å². The zero-order valence-electron chi connectivity index (χ0n) is 15.7. The van der Waals surface area contributed by atoms with Gasteiger partial charge in [0.15, 0.2) is 15.8 Å². The van der Waals surface area contributed by atoms with E-state index in [1.165, 1.54) is 19.3 Å². The summed E-state index contributed by atoms with van der Waals surface area (Å²) in [5.41, 5.74) is 0. The maximum Gasteiger partial charge on any atom is 0.221 e. The topological polar surface area (TPSA) is 90.9 Å². The smallest absolute Gasteiger partial charge is 0.221 e. The molecule has 1 saturated heterocycles. The van der Waals surface area contributed by atoms with Gasteiger partial charge in [0.1, 0.15) is 0 Å². The van der Waals surface area contributed by atoms with Crippen LogP contribution in [0.1, 0.15) is 52.4 Å². The molecule has 0 atom stereocenters. The Morgan fingerprint density at radius 3 is 2.52 bits per heavy atom. The van der Waals surface area contributed by atoms with Crippen molar-refractivity contribution in [3.8, 4) is 0 Å². The Bertz CT molecular complexity index is 595. The summed E-state index contributed by atoms with van der Waals surface area (Å²) in [5.74, 6) is 0.855. The van der Waals surface area contributed by atoms with Crippen LogP contribution in [-0.2, 0) is 14.6 Å². The van der Waals surface area contributed by atoms with Gasteiger partial charge in [0.2, 0.25) is 5.91 Å². The summed E-state index contributed by atoms with van der Waals surface area (Å²) >= 11 is 0. The number of rotatable bonds is 4. The Hall–Kier alpha value is -1.31. The van der Waals surface area contributed by atoms with E-state index in [2.05, 4.69) is 15.6 Å². The molecular weight excluding hydrogens is 340 g/mol. The molecule has 144 valence electrons. The molecule has 0 bridgehead atoms. The van der Waals surface area contributed by atoms with Crippen LogP contribution in [0.5, 0.6) is 0 Å². The maximum atomic E-state index is 12.1. The second kappa shape index (κ2) is 8.38. The third kappa shape index (κ3) is 5.33. The summed E-state index contributed by atoms with van der Waals surface area (Å²) in [6.07, 6.45) is 6.22. The molecule has 1 saturated carbocycles. The van der Waals surface area contributed by atoms with Crippen molar-refractivity contribution in [1.82, 2.24) is 15.5 Å². The number of hydrogen-bond acceptors (Lipinski definition) is 4. The van der Waals surface area contributed by atoms with Crippen LogP contribution in [0.25, 0.3) is 0 Å². The fourth-order valence-electron chi connectivity index (χ4n) is 3.49. The third-order valence-electron chi connectivity index (χ3n) is 5.16. The number of amides is 1. The lowest BCUT2D eigenvalue weighted by Crippen LogP contribution is -2.57. The van der Waals surface area contributed by atoms with Crippen LogP contribution >= 0.6 is 0 Å². The second-order valence-corrected chi connectivity index (χ2v) is 10.4. The fourth-order valence-corrected chi connectivity index (χ4v) is 4.86. The lowest BCUT2D eigenvalue weighted by atomic mass is 9.95. The molecule has 0 aromatic rings. The van der Waals surface area contributed by atoms with E-state index < -0.39 is 14.6 Å². The molecule has 1 heterocycles. The molecule has 2 fully saturated rings. The van der Waals surface area contributed by atoms with Crippen LogP contribution in [0.4, 0.5) is 0 Å². The van der Waals surface area contributed by atoms with E-state index in [1.807, 2.05) is 4.90 Å². The number of nitrogens with one attached hydrogen (secondary N) is 2. The highest BCUT2D eigenvalue weighted by atomic mass is 32.2. The highest BCUT2D eigenvalue weighted by Crippen LogP contribution is 2.23. The van der Waals surface area contributed by atoms with Crippen molar-refractivity contribution in [2.75, 3.05) is 32.4 Å². The second-order valence-electron chi connectivity index (χ2n) is 7.63. The Morgan fingerprint density at radius 1 is 1.24 bits per heavy atom. The quantitative estimate of drug-likeness (QED) is 0.565. The minimum atomic E-state index is -3.07. The Kier molecular flexibility index (Phi) is 6.71. The molecule has 0 radical (unpaired) electrons. The largest absolute Gasteiger partial charge is 0.356 e. The van der Waals surface area contributed by atoms with Gasteiger partial charge < -0.3 is 15.5 Å². The molecular formula is C17H32N4O3S. The molecule has 0 aromatic heterocycles. The molecule has 1 aliphatic carbocycles. The van der Waals surface area contributed by atoms with Gasteiger partial charge in [-0.05, 0) is 26.7 Å². The lowest BCUT2D eigenvalue weighted by Gasteiger charge is -2.39. The van der Waals surface area contributed by atoms with Gasteiger partial charge in [0.25, 0.3) is 0 Å². The Morgan fingerprint density at radius 2 is 1.92 bits per heavy atom. The molecule has 0 unspecified atom stereocenters. The van der Waals surface area contributed by atoms with Crippen molar-refractivity contribution in [3.63, 3.8) is 0 Å². The van der Waals surface area contributed by atoms with E-state index in [0.29, 0.717) is 38.1 Å². The van der Waals surface area contributed by atoms with E-state index in [0.717, 1.165) is 12.8 Å². The summed E-state index contributed by atoms with van der Waals surface area (Å²) in [6.45, 7) is 4.83. The maximum absolute atomic E-state index is 12.1. The first-order valence-corrected chi connectivity index (χ1v) is 10.9. The average Bonchev–Trinajstić information content (AvgIpc) is 2.55. The number of nitrogens with zero attached hydrogens (tertiary/aromatic N) is 2. The zero-order valence-corrected chi connectivity index (χ0v) is 16.5. The first-order valence-electron chi connectivity index (χ1n) is 9.22. The van der Waals surface area contributed by atoms with E-state index in [1.54, 1.807) is 20.9 Å². The van der Waals surface area contributed by atoms with Crippen LogP contribution in [0.3, 0.4) is 0 Å². The molecule has 2 N–H and O–H groups in total. The number of hydrogen-bond donors (Lipinski definition) is 2. The van der Waals surface area contributed by atoms with E-state index in [4.69, 9.17) is 0 Å². The van der Waals surface area contributed by atoms with E-state index in [9.17, 15) is 13.2 Å². The number of guanidine groups is 1. The minimum absolute atomic E-state index is 0.0661. The predicted molar refractivity (Wildman–Crippen MR) is 100 cm³/mol. The molecule has 1 aliphatic heterocycles. The molecule has 1 amide bonds. The highest BCUT2D eigenvalue weighted by molar-refractivity contribution is 7.92. The Labute approximate surface area is 151 Å². The summed E-state index contributed by atoms with van der Waals surface area (Å²) in [7, 11) is -1.39. The number of aliphatic imine (C=N–C) groups is 1. The third-order valence-corrected chi connectivity index (χ3v) is 7.69. The van der Waals surface area contributed by atoms with Gasteiger partial charge in [-0.15, -0.1) is 0 Å². The minimum Gasteiger partial charge on any atom is -0.356 e. The van der Waals surface area contributed by atoms with Crippen LogP contribution in [0.15, 0.2) is 4.99 Å². The fraction of sp³-hybridized carbons (Fsp3) is 0.882. The van der Waals surface area contributed by atoms with Gasteiger partial charge in [0.05, 0.1) is 10.5 Å². The van der Waals surface area contributed by atoms with E-state index in [-0.39, 0.29) is 11.7 Å². The van der Waals surface area contributed by atoms with Crippen LogP contribution < -0.4 is 10.6 Å². The van der Waals surface area contributed by atoms with Crippen molar-refractivity contribution in [2.24, 2.45) is 4.99 Å². The van der Waals surface area contributed by atoms with Crippen molar-refractivity contribution < 1.29 is 13.2 Å². The number of carbonyl (C=O) groups excluding carboxylic acids is 1. The summed E-state index contributed by atoms with van der Waals surface area (Å²) in [4.78, 5) is 18.3. The first kappa shape index (κ1) is 20.0. The van der Waals surface area contributed by atoms with Gasteiger partial charge >= 0.3 is 0 Å².